The van der Waals surface area contributed by atoms with Crippen LogP contribution in [0.15, 0.2) is 42.7 Å². The van der Waals surface area contributed by atoms with Crippen LogP contribution in [-0.4, -0.2) is 44.6 Å². The number of benzene rings is 1. The molecule has 0 aliphatic carbocycles. The standard InChI is InChI=1S/C18H20N6O/c1-13(25)21-15-7-9-23(10-8-15)17-11-16(14-5-3-2-4-6-14)22-18-19-12-20-24(17)18/h2-6,11-12,15H,7-10H2,1H3,(H,21,25). The van der Waals surface area contributed by atoms with Crippen molar-refractivity contribution >= 4 is 17.5 Å². The summed E-state index contributed by atoms with van der Waals surface area (Å²) < 4.78 is 1.78. The van der Waals surface area contributed by atoms with Crippen molar-refractivity contribution in [2.45, 2.75) is 25.8 Å². The molecule has 0 radical (unpaired) electrons. The predicted octanol–water partition coefficient (Wildman–Crippen LogP) is 1.90. The molecule has 1 amide bonds. The number of hydrogen-bond acceptors (Lipinski definition) is 5. The number of nitrogens with zero attached hydrogens (tertiary/aromatic N) is 5. The summed E-state index contributed by atoms with van der Waals surface area (Å²) in [7, 11) is 0. The SMILES string of the molecule is CC(=O)NC1CCN(c2cc(-c3ccccc3)nc3ncnn23)CC1. The minimum absolute atomic E-state index is 0.0346. The van der Waals surface area contributed by atoms with E-state index in [-0.39, 0.29) is 11.9 Å². The third kappa shape index (κ3) is 3.17. The molecule has 128 valence electrons. The van der Waals surface area contributed by atoms with Crippen LogP contribution in [0.4, 0.5) is 5.82 Å². The van der Waals surface area contributed by atoms with Gasteiger partial charge in [0.05, 0.1) is 5.69 Å². The fourth-order valence-electron chi connectivity index (χ4n) is 3.32. The number of piperidine rings is 1. The first-order chi connectivity index (χ1) is 12.2. The van der Waals surface area contributed by atoms with Gasteiger partial charge in [-0.25, -0.2) is 4.98 Å². The molecule has 1 aliphatic heterocycles. The average molecular weight is 336 g/mol. The van der Waals surface area contributed by atoms with E-state index in [1.54, 1.807) is 11.4 Å². The molecule has 3 aromatic rings. The second kappa shape index (κ2) is 6.51. The van der Waals surface area contributed by atoms with E-state index in [1.165, 1.54) is 6.33 Å². The van der Waals surface area contributed by atoms with Crippen molar-refractivity contribution in [1.82, 2.24) is 24.9 Å². The summed E-state index contributed by atoms with van der Waals surface area (Å²) >= 11 is 0. The molecule has 4 rings (SSSR count). The van der Waals surface area contributed by atoms with E-state index in [4.69, 9.17) is 0 Å². The maximum atomic E-state index is 11.2. The van der Waals surface area contributed by atoms with Crippen molar-refractivity contribution in [2.24, 2.45) is 0 Å². The van der Waals surface area contributed by atoms with Gasteiger partial charge in [-0.1, -0.05) is 30.3 Å². The second-order valence-electron chi connectivity index (χ2n) is 6.30. The summed E-state index contributed by atoms with van der Waals surface area (Å²) in [4.78, 5) is 22.4. The molecule has 1 saturated heterocycles. The lowest BCUT2D eigenvalue weighted by Crippen LogP contribution is -2.44. The lowest BCUT2D eigenvalue weighted by Gasteiger charge is -2.33. The lowest BCUT2D eigenvalue weighted by molar-refractivity contribution is -0.119. The first-order valence-corrected chi connectivity index (χ1v) is 8.49. The Balaban J connectivity index is 1.65. The molecule has 2 aromatic heterocycles. The highest BCUT2D eigenvalue weighted by atomic mass is 16.1. The number of fused-ring (bicyclic) bond motifs is 1. The molecule has 1 N–H and O–H groups in total. The van der Waals surface area contributed by atoms with Crippen molar-refractivity contribution in [1.29, 1.82) is 0 Å². The highest BCUT2D eigenvalue weighted by Gasteiger charge is 2.22. The van der Waals surface area contributed by atoms with Crippen LogP contribution in [0.3, 0.4) is 0 Å². The van der Waals surface area contributed by atoms with Crippen LogP contribution in [-0.2, 0) is 4.79 Å². The van der Waals surface area contributed by atoms with E-state index in [2.05, 4.69) is 31.3 Å². The van der Waals surface area contributed by atoms with E-state index in [9.17, 15) is 4.79 Å². The third-order valence-corrected chi connectivity index (χ3v) is 4.53. The Morgan fingerprint density at radius 3 is 2.68 bits per heavy atom. The number of nitrogens with one attached hydrogen (secondary N) is 1. The molecule has 0 spiro atoms. The van der Waals surface area contributed by atoms with Gasteiger partial charge in [-0.2, -0.15) is 14.6 Å². The van der Waals surface area contributed by atoms with Gasteiger partial charge in [0.2, 0.25) is 5.91 Å². The largest absolute Gasteiger partial charge is 0.356 e. The number of carbonyl (C=O) groups excluding carboxylic acids is 1. The van der Waals surface area contributed by atoms with E-state index < -0.39 is 0 Å². The first-order valence-electron chi connectivity index (χ1n) is 8.49. The molecule has 25 heavy (non-hydrogen) atoms. The van der Waals surface area contributed by atoms with Crippen molar-refractivity contribution in [2.75, 3.05) is 18.0 Å². The zero-order chi connectivity index (χ0) is 17.2. The lowest BCUT2D eigenvalue weighted by atomic mass is 10.0. The molecule has 0 unspecified atom stereocenters. The van der Waals surface area contributed by atoms with Crippen molar-refractivity contribution in [3.05, 3.63) is 42.7 Å². The molecular weight excluding hydrogens is 316 g/mol. The fourth-order valence-corrected chi connectivity index (χ4v) is 3.32. The maximum Gasteiger partial charge on any atom is 0.254 e. The Kier molecular flexibility index (Phi) is 4.05. The van der Waals surface area contributed by atoms with Crippen molar-refractivity contribution in [3.8, 4) is 11.3 Å². The summed E-state index contributed by atoms with van der Waals surface area (Å²) in [5.41, 5.74) is 1.95. The summed E-state index contributed by atoms with van der Waals surface area (Å²) in [5.74, 6) is 1.62. The molecule has 7 heteroatoms. The van der Waals surface area contributed by atoms with Gasteiger partial charge >= 0.3 is 0 Å². The van der Waals surface area contributed by atoms with Gasteiger partial charge in [0.25, 0.3) is 5.78 Å². The van der Waals surface area contributed by atoms with Crippen LogP contribution < -0.4 is 10.2 Å². The zero-order valence-electron chi connectivity index (χ0n) is 14.1. The van der Waals surface area contributed by atoms with Crippen LogP contribution in [0.2, 0.25) is 0 Å². The predicted molar refractivity (Wildman–Crippen MR) is 95.3 cm³/mol. The molecule has 1 aromatic carbocycles. The molecular formula is C18H20N6O. The number of amides is 1. The first kappa shape index (κ1) is 15.6. The highest BCUT2D eigenvalue weighted by molar-refractivity contribution is 5.73. The Morgan fingerprint density at radius 1 is 1.20 bits per heavy atom. The van der Waals surface area contributed by atoms with Crippen molar-refractivity contribution < 1.29 is 4.79 Å². The quantitative estimate of drug-likeness (QED) is 0.790. The van der Waals surface area contributed by atoms with E-state index in [0.29, 0.717) is 5.78 Å². The topological polar surface area (TPSA) is 75.4 Å². The van der Waals surface area contributed by atoms with E-state index in [0.717, 1.165) is 43.0 Å². The number of anilines is 1. The van der Waals surface area contributed by atoms with Gasteiger partial charge in [-0.3, -0.25) is 4.79 Å². The minimum Gasteiger partial charge on any atom is -0.356 e. The molecule has 0 bridgehead atoms. The summed E-state index contributed by atoms with van der Waals surface area (Å²) in [5, 5.41) is 7.34. The second-order valence-corrected chi connectivity index (χ2v) is 6.30. The van der Waals surface area contributed by atoms with Gasteiger partial charge in [-0.15, -0.1) is 0 Å². The summed E-state index contributed by atoms with van der Waals surface area (Å²) in [6.07, 6.45) is 3.36. The fraction of sp³-hybridized carbons (Fsp3) is 0.333. The Morgan fingerprint density at radius 2 is 1.96 bits per heavy atom. The Hall–Kier alpha value is -2.96. The highest BCUT2D eigenvalue weighted by Crippen LogP contribution is 2.25. The summed E-state index contributed by atoms with van der Waals surface area (Å²) in [6.45, 7) is 3.29. The van der Waals surface area contributed by atoms with Crippen LogP contribution in [0.25, 0.3) is 17.0 Å². The van der Waals surface area contributed by atoms with Gasteiger partial charge in [0.1, 0.15) is 12.1 Å². The van der Waals surface area contributed by atoms with Crippen LogP contribution in [0, 0.1) is 0 Å². The number of carbonyl (C=O) groups is 1. The average Bonchev–Trinajstić information content (AvgIpc) is 3.10. The molecule has 7 nitrogen and oxygen atoms in total. The van der Waals surface area contributed by atoms with Gasteiger partial charge in [-0.05, 0) is 12.8 Å². The molecule has 0 atom stereocenters. The monoisotopic (exact) mass is 336 g/mol. The van der Waals surface area contributed by atoms with Crippen LogP contribution in [0.1, 0.15) is 19.8 Å². The third-order valence-electron chi connectivity index (χ3n) is 4.53. The van der Waals surface area contributed by atoms with E-state index in [1.807, 2.05) is 30.3 Å². The zero-order valence-corrected chi connectivity index (χ0v) is 14.1. The van der Waals surface area contributed by atoms with Crippen LogP contribution in [0.5, 0.6) is 0 Å². The van der Waals surface area contributed by atoms with Crippen molar-refractivity contribution in [3.63, 3.8) is 0 Å². The Bertz CT molecular complexity index is 883. The number of rotatable bonds is 3. The normalized spacial score (nSPS) is 15.5. The molecule has 0 saturated carbocycles. The number of aromatic nitrogens is 4. The molecule has 1 aliphatic rings. The minimum atomic E-state index is 0.0346. The smallest absolute Gasteiger partial charge is 0.254 e. The van der Waals surface area contributed by atoms with E-state index >= 15 is 0 Å². The molecule has 1 fully saturated rings. The van der Waals surface area contributed by atoms with Crippen LogP contribution >= 0.6 is 0 Å². The van der Waals surface area contributed by atoms with Gasteiger partial charge < -0.3 is 10.2 Å². The van der Waals surface area contributed by atoms with Gasteiger partial charge in [0.15, 0.2) is 0 Å². The van der Waals surface area contributed by atoms with Gasteiger partial charge in [0, 0.05) is 37.7 Å². The maximum absolute atomic E-state index is 11.2. The number of hydrogen-bond donors (Lipinski definition) is 1. The Labute approximate surface area is 145 Å². The molecule has 3 heterocycles. The summed E-state index contributed by atoms with van der Waals surface area (Å²) in [6, 6.07) is 12.4.